The normalized spacial score (nSPS) is 10.3. The van der Waals surface area contributed by atoms with E-state index in [4.69, 9.17) is 4.74 Å². The van der Waals surface area contributed by atoms with Gasteiger partial charge in [0.05, 0.1) is 0 Å². The average molecular weight is 147 g/mol. The Balaban J connectivity index is 2.39. The maximum atomic E-state index is 5.30. The molecule has 0 aliphatic heterocycles. The van der Waals surface area contributed by atoms with Crippen LogP contribution in [0.4, 0.5) is 0 Å². The summed E-state index contributed by atoms with van der Waals surface area (Å²) in [5.74, 6) is 0.797. The predicted octanol–water partition coefficient (Wildman–Crippen LogP) is 2.44. The molecule has 0 spiro atoms. The van der Waals surface area contributed by atoms with Gasteiger partial charge in [0.25, 0.3) is 0 Å². The van der Waals surface area contributed by atoms with Crippen molar-refractivity contribution in [1.29, 1.82) is 0 Å². The first-order valence-electron chi connectivity index (χ1n) is 3.64. The largest absolute Gasteiger partial charge is 0.489 e. The lowest BCUT2D eigenvalue weighted by Crippen LogP contribution is -1.91. The van der Waals surface area contributed by atoms with Crippen LogP contribution in [-0.2, 0) is 0 Å². The van der Waals surface area contributed by atoms with Gasteiger partial charge in [0.2, 0.25) is 0 Å². The SMILES string of the molecule is C/C=C/COc1[c]cccc1. The molecule has 0 heterocycles. The van der Waals surface area contributed by atoms with Crippen molar-refractivity contribution in [1.82, 2.24) is 0 Å². The van der Waals surface area contributed by atoms with Crippen LogP contribution in [-0.4, -0.2) is 6.61 Å². The monoisotopic (exact) mass is 147 g/mol. The first kappa shape index (κ1) is 7.86. The minimum absolute atomic E-state index is 0.622. The Kier molecular flexibility index (Phi) is 3.26. The van der Waals surface area contributed by atoms with Crippen LogP contribution in [0.25, 0.3) is 0 Å². The van der Waals surface area contributed by atoms with Crippen molar-refractivity contribution in [3.63, 3.8) is 0 Å². The van der Waals surface area contributed by atoms with Gasteiger partial charge in [-0.05, 0) is 13.0 Å². The summed E-state index contributed by atoms with van der Waals surface area (Å²) in [5.41, 5.74) is 0. The van der Waals surface area contributed by atoms with Crippen molar-refractivity contribution in [3.8, 4) is 5.75 Å². The second-order valence-electron chi connectivity index (χ2n) is 2.11. The molecule has 0 fully saturated rings. The average Bonchev–Trinajstić information content (AvgIpc) is 2.07. The van der Waals surface area contributed by atoms with Gasteiger partial charge in [0, 0.05) is 6.07 Å². The summed E-state index contributed by atoms with van der Waals surface area (Å²) in [7, 11) is 0. The fraction of sp³-hybridized carbons (Fsp3) is 0.200. The molecule has 1 radical (unpaired) electrons. The van der Waals surface area contributed by atoms with Crippen LogP contribution < -0.4 is 4.74 Å². The molecule has 1 aromatic rings. The van der Waals surface area contributed by atoms with Crippen LogP contribution >= 0.6 is 0 Å². The van der Waals surface area contributed by atoms with Gasteiger partial charge in [-0.3, -0.25) is 0 Å². The number of para-hydroxylation sites is 1. The number of hydrogen-bond acceptors (Lipinski definition) is 1. The molecule has 0 unspecified atom stereocenters. The van der Waals surface area contributed by atoms with Crippen molar-refractivity contribution in [2.75, 3.05) is 6.61 Å². The maximum Gasteiger partial charge on any atom is 0.127 e. The van der Waals surface area contributed by atoms with Gasteiger partial charge in [-0.25, -0.2) is 0 Å². The zero-order chi connectivity index (χ0) is 7.94. The highest BCUT2D eigenvalue weighted by Crippen LogP contribution is 2.06. The number of rotatable bonds is 3. The molecule has 1 heteroatoms. The molecule has 0 aliphatic rings. The van der Waals surface area contributed by atoms with Crippen molar-refractivity contribution in [3.05, 3.63) is 42.5 Å². The third kappa shape index (κ3) is 2.89. The summed E-state index contributed by atoms with van der Waals surface area (Å²) >= 11 is 0. The van der Waals surface area contributed by atoms with Gasteiger partial charge < -0.3 is 4.74 Å². The third-order valence-electron chi connectivity index (χ3n) is 1.25. The van der Waals surface area contributed by atoms with Gasteiger partial charge in [0.15, 0.2) is 0 Å². The van der Waals surface area contributed by atoms with Crippen molar-refractivity contribution >= 4 is 0 Å². The number of allylic oxidation sites excluding steroid dienone is 1. The molecule has 1 aromatic carbocycles. The molecule has 57 valence electrons. The van der Waals surface area contributed by atoms with E-state index in [1.165, 1.54) is 0 Å². The predicted molar refractivity (Wildman–Crippen MR) is 45.6 cm³/mol. The van der Waals surface area contributed by atoms with E-state index in [0.29, 0.717) is 6.61 Å². The summed E-state index contributed by atoms with van der Waals surface area (Å²) < 4.78 is 5.30. The van der Waals surface area contributed by atoms with E-state index in [2.05, 4.69) is 6.07 Å². The summed E-state index contributed by atoms with van der Waals surface area (Å²) in [5, 5.41) is 0. The molecule has 0 saturated carbocycles. The Bertz CT molecular complexity index is 214. The molecule has 0 bridgehead atoms. The molecule has 0 saturated heterocycles. The quantitative estimate of drug-likeness (QED) is 0.597. The topological polar surface area (TPSA) is 9.23 Å². The third-order valence-corrected chi connectivity index (χ3v) is 1.25. The minimum atomic E-state index is 0.622. The van der Waals surface area contributed by atoms with E-state index in [9.17, 15) is 0 Å². The van der Waals surface area contributed by atoms with Gasteiger partial charge in [-0.15, -0.1) is 0 Å². The maximum absolute atomic E-state index is 5.30. The Morgan fingerprint density at radius 2 is 2.45 bits per heavy atom. The molecule has 0 atom stereocenters. The van der Waals surface area contributed by atoms with Crippen LogP contribution in [0.1, 0.15) is 6.92 Å². The molecular weight excluding hydrogens is 136 g/mol. The van der Waals surface area contributed by atoms with E-state index < -0.39 is 0 Å². The van der Waals surface area contributed by atoms with Gasteiger partial charge in [0.1, 0.15) is 12.4 Å². The molecule has 11 heavy (non-hydrogen) atoms. The number of ether oxygens (including phenoxy) is 1. The van der Waals surface area contributed by atoms with Crippen molar-refractivity contribution in [2.45, 2.75) is 6.92 Å². The van der Waals surface area contributed by atoms with Gasteiger partial charge in [-0.2, -0.15) is 0 Å². The van der Waals surface area contributed by atoms with Crippen LogP contribution in [0.3, 0.4) is 0 Å². The molecule has 1 rings (SSSR count). The lowest BCUT2D eigenvalue weighted by Gasteiger charge is -1.99. The highest BCUT2D eigenvalue weighted by molar-refractivity contribution is 5.19. The molecule has 0 aliphatic carbocycles. The minimum Gasteiger partial charge on any atom is -0.489 e. The fourth-order valence-electron chi connectivity index (χ4n) is 0.701. The summed E-state index contributed by atoms with van der Waals surface area (Å²) in [6.07, 6.45) is 3.92. The van der Waals surface area contributed by atoms with E-state index in [1.807, 2.05) is 43.3 Å². The Morgan fingerprint density at radius 1 is 1.55 bits per heavy atom. The summed E-state index contributed by atoms with van der Waals surface area (Å²) in [6.45, 7) is 2.59. The van der Waals surface area contributed by atoms with Crippen LogP contribution in [0.15, 0.2) is 36.4 Å². The summed E-state index contributed by atoms with van der Waals surface area (Å²) in [6, 6.07) is 10.6. The van der Waals surface area contributed by atoms with Crippen LogP contribution in [0.5, 0.6) is 5.75 Å². The van der Waals surface area contributed by atoms with Crippen LogP contribution in [0, 0.1) is 6.07 Å². The zero-order valence-corrected chi connectivity index (χ0v) is 6.58. The first-order valence-corrected chi connectivity index (χ1v) is 3.64. The first-order chi connectivity index (χ1) is 5.43. The fourth-order valence-corrected chi connectivity index (χ4v) is 0.701. The van der Waals surface area contributed by atoms with Crippen molar-refractivity contribution in [2.24, 2.45) is 0 Å². The lowest BCUT2D eigenvalue weighted by molar-refractivity contribution is 0.362. The number of benzene rings is 1. The Labute approximate surface area is 67.3 Å². The second-order valence-corrected chi connectivity index (χ2v) is 2.11. The zero-order valence-electron chi connectivity index (χ0n) is 6.58. The Morgan fingerprint density at radius 3 is 3.09 bits per heavy atom. The highest BCUT2D eigenvalue weighted by Gasteiger charge is 1.86. The van der Waals surface area contributed by atoms with E-state index >= 15 is 0 Å². The lowest BCUT2D eigenvalue weighted by atomic mass is 10.3. The molecule has 0 aromatic heterocycles. The highest BCUT2D eigenvalue weighted by atomic mass is 16.5. The van der Waals surface area contributed by atoms with Crippen LogP contribution in [0.2, 0.25) is 0 Å². The number of hydrogen-bond donors (Lipinski definition) is 0. The van der Waals surface area contributed by atoms with Gasteiger partial charge >= 0.3 is 0 Å². The second kappa shape index (κ2) is 4.56. The van der Waals surface area contributed by atoms with Crippen molar-refractivity contribution < 1.29 is 4.74 Å². The molecule has 0 amide bonds. The Hall–Kier alpha value is -1.24. The summed E-state index contributed by atoms with van der Waals surface area (Å²) in [4.78, 5) is 0. The van der Waals surface area contributed by atoms with Gasteiger partial charge in [-0.1, -0.05) is 30.4 Å². The molecule has 0 N–H and O–H groups in total. The smallest absolute Gasteiger partial charge is 0.127 e. The standard InChI is InChI=1S/C10H11O/c1-2-3-9-11-10-7-5-4-6-8-10/h2-7H,9H2,1H3/b3-2+. The molecular formula is C10H11O. The van der Waals surface area contributed by atoms with E-state index in [1.54, 1.807) is 0 Å². The molecule has 1 nitrogen and oxygen atoms in total. The van der Waals surface area contributed by atoms with E-state index in [0.717, 1.165) is 5.75 Å². The van der Waals surface area contributed by atoms with E-state index in [-0.39, 0.29) is 0 Å².